The molecule has 0 saturated carbocycles. The number of rotatable bonds is 5. The van der Waals surface area contributed by atoms with Gasteiger partial charge < -0.3 is 0 Å². The van der Waals surface area contributed by atoms with Crippen molar-refractivity contribution >= 4 is 11.8 Å². The van der Waals surface area contributed by atoms with E-state index in [9.17, 15) is 0 Å². The number of thioether (sulfide) groups is 1. The smallest absolute Gasteiger partial charge is 0.0448 e. The Balaban J connectivity index is 2.09. The normalized spacial score (nSPS) is 21.4. The average Bonchev–Trinajstić information content (AvgIpc) is 2.57. The molecule has 1 fully saturated rings. The fourth-order valence-electron chi connectivity index (χ4n) is 1.59. The van der Waals surface area contributed by atoms with Crippen LogP contribution in [0.25, 0.3) is 0 Å². The summed E-state index contributed by atoms with van der Waals surface area (Å²) in [6.45, 7) is 6.98. The van der Waals surface area contributed by atoms with Crippen molar-refractivity contribution in [1.82, 2.24) is 4.90 Å². The molecule has 0 amide bonds. The van der Waals surface area contributed by atoms with Gasteiger partial charge in [0.2, 0.25) is 0 Å². The summed E-state index contributed by atoms with van der Waals surface area (Å²) in [6, 6.07) is 0. The van der Waals surface area contributed by atoms with Gasteiger partial charge in [-0.05, 0) is 12.3 Å². The van der Waals surface area contributed by atoms with E-state index in [-0.39, 0.29) is 0 Å². The molecule has 1 aliphatic rings. The largest absolute Gasteiger partial charge is 0.290 e. The average molecular weight is 199 g/mol. The van der Waals surface area contributed by atoms with Gasteiger partial charge in [-0.3, -0.25) is 4.90 Å². The van der Waals surface area contributed by atoms with Crippen LogP contribution in [0.15, 0.2) is 12.2 Å². The standard InChI is InChI=1S/C11H21NS/c1-3-5-11(2)6-4-7-12-8-9-13-10-12/h4,6,11H,3,5,7-10H2,1-2H3/b6-4+. The maximum absolute atomic E-state index is 2.50. The highest BCUT2D eigenvalue weighted by molar-refractivity contribution is 7.99. The Kier molecular flexibility index (Phi) is 5.56. The molecule has 0 radical (unpaired) electrons. The summed E-state index contributed by atoms with van der Waals surface area (Å²) in [4.78, 5) is 2.50. The molecule has 1 rings (SSSR count). The highest BCUT2D eigenvalue weighted by atomic mass is 32.2. The molecule has 0 aromatic heterocycles. The third kappa shape index (κ3) is 4.72. The molecule has 1 saturated heterocycles. The molecule has 1 aliphatic heterocycles. The lowest BCUT2D eigenvalue weighted by Gasteiger charge is -2.10. The number of nitrogens with zero attached hydrogens (tertiary/aromatic N) is 1. The maximum Gasteiger partial charge on any atom is 0.0448 e. The van der Waals surface area contributed by atoms with Gasteiger partial charge in [-0.25, -0.2) is 0 Å². The van der Waals surface area contributed by atoms with Gasteiger partial charge in [0.05, 0.1) is 0 Å². The highest BCUT2D eigenvalue weighted by Gasteiger charge is 2.09. The van der Waals surface area contributed by atoms with Crippen LogP contribution in [0.1, 0.15) is 26.7 Å². The Morgan fingerprint density at radius 3 is 3.00 bits per heavy atom. The quantitative estimate of drug-likeness (QED) is 0.626. The van der Waals surface area contributed by atoms with Crippen molar-refractivity contribution in [2.24, 2.45) is 5.92 Å². The first kappa shape index (κ1) is 11.1. The molecule has 1 nitrogen and oxygen atoms in total. The zero-order valence-electron chi connectivity index (χ0n) is 8.83. The van der Waals surface area contributed by atoms with Crippen LogP contribution < -0.4 is 0 Å². The lowest BCUT2D eigenvalue weighted by molar-refractivity contribution is 0.395. The predicted octanol–water partition coefficient (Wildman–Crippen LogP) is 2.99. The van der Waals surface area contributed by atoms with Crippen LogP contribution in [0.4, 0.5) is 0 Å². The van der Waals surface area contributed by atoms with Gasteiger partial charge in [-0.1, -0.05) is 32.4 Å². The SMILES string of the molecule is CCCC(C)/C=C/CN1CCSC1. The van der Waals surface area contributed by atoms with Crippen molar-refractivity contribution < 1.29 is 0 Å². The highest BCUT2D eigenvalue weighted by Crippen LogP contribution is 2.13. The predicted molar refractivity (Wildman–Crippen MR) is 62.1 cm³/mol. The zero-order chi connectivity index (χ0) is 9.52. The second-order valence-electron chi connectivity index (χ2n) is 3.81. The van der Waals surface area contributed by atoms with Crippen LogP contribution >= 0.6 is 11.8 Å². The van der Waals surface area contributed by atoms with Gasteiger partial charge >= 0.3 is 0 Å². The monoisotopic (exact) mass is 199 g/mol. The summed E-state index contributed by atoms with van der Waals surface area (Å²) in [7, 11) is 0. The third-order valence-corrected chi connectivity index (χ3v) is 3.42. The fourth-order valence-corrected chi connectivity index (χ4v) is 2.60. The summed E-state index contributed by atoms with van der Waals surface area (Å²) in [6.07, 6.45) is 7.33. The minimum Gasteiger partial charge on any atom is -0.290 e. The van der Waals surface area contributed by atoms with Crippen LogP contribution in [-0.4, -0.2) is 29.6 Å². The van der Waals surface area contributed by atoms with E-state index >= 15 is 0 Å². The van der Waals surface area contributed by atoms with Gasteiger partial charge in [-0.2, -0.15) is 0 Å². The van der Waals surface area contributed by atoms with E-state index in [2.05, 4.69) is 30.9 Å². The van der Waals surface area contributed by atoms with E-state index in [1.807, 2.05) is 11.8 Å². The van der Waals surface area contributed by atoms with E-state index in [0.717, 1.165) is 12.5 Å². The molecule has 0 aliphatic carbocycles. The zero-order valence-corrected chi connectivity index (χ0v) is 9.65. The second-order valence-corrected chi connectivity index (χ2v) is 4.88. The molecule has 2 heteroatoms. The first-order chi connectivity index (χ1) is 6.33. The second kappa shape index (κ2) is 6.50. The summed E-state index contributed by atoms with van der Waals surface area (Å²) in [5, 5.41) is 0. The summed E-state index contributed by atoms with van der Waals surface area (Å²) >= 11 is 2.04. The molecular formula is C11H21NS. The van der Waals surface area contributed by atoms with Gasteiger partial charge in [0.1, 0.15) is 0 Å². The molecule has 13 heavy (non-hydrogen) atoms. The number of allylic oxidation sites excluding steroid dienone is 1. The number of hydrogen-bond acceptors (Lipinski definition) is 2. The van der Waals surface area contributed by atoms with Gasteiger partial charge in [0.15, 0.2) is 0 Å². The van der Waals surface area contributed by atoms with E-state index in [0.29, 0.717) is 0 Å². The maximum atomic E-state index is 2.50. The van der Waals surface area contributed by atoms with Gasteiger partial charge in [-0.15, -0.1) is 11.8 Å². The van der Waals surface area contributed by atoms with Gasteiger partial charge in [0.25, 0.3) is 0 Å². The first-order valence-corrected chi connectivity index (χ1v) is 6.45. The van der Waals surface area contributed by atoms with E-state index in [4.69, 9.17) is 0 Å². The van der Waals surface area contributed by atoms with Crippen molar-refractivity contribution in [2.75, 3.05) is 24.7 Å². The Bertz CT molecular complexity index is 150. The Hall–Kier alpha value is 0.0500. The van der Waals surface area contributed by atoms with Crippen LogP contribution in [0.2, 0.25) is 0 Å². The van der Waals surface area contributed by atoms with E-state index < -0.39 is 0 Å². The molecule has 0 bridgehead atoms. The molecule has 1 atom stereocenters. The lowest BCUT2D eigenvalue weighted by Crippen LogP contribution is -2.19. The van der Waals surface area contributed by atoms with E-state index in [1.165, 1.54) is 31.0 Å². The van der Waals surface area contributed by atoms with Crippen LogP contribution in [0, 0.1) is 5.92 Å². The van der Waals surface area contributed by atoms with Crippen molar-refractivity contribution in [3.05, 3.63) is 12.2 Å². The topological polar surface area (TPSA) is 3.24 Å². The fraction of sp³-hybridized carbons (Fsp3) is 0.818. The van der Waals surface area contributed by atoms with E-state index in [1.54, 1.807) is 0 Å². The molecule has 76 valence electrons. The molecule has 0 aromatic rings. The summed E-state index contributed by atoms with van der Waals surface area (Å²) in [5.41, 5.74) is 0. The lowest BCUT2D eigenvalue weighted by atomic mass is 10.1. The third-order valence-electron chi connectivity index (χ3n) is 2.40. The van der Waals surface area contributed by atoms with Crippen molar-refractivity contribution in [3.63, 3.8) is 0 Å². The molecule has 0 N–H and O–H groups in total. The Morgan fingerprint density at radius 2 is 2.38 bits per heavy atom. The summed E-state index contributed by atoms with van der Waals surface area (Å²) < 4.78 is 0. The summed E-state index contributed by atoms with van der Waals surface area (Å²) in [5.74, 6) is 3.31. The van der Waals surface area contributed by atoms with Crippen molar-refractivity contribution in [2.45, 2.75) is 26.7 Å². The van der Waals surface area contributed by atoms with Crippen LogP contribution in [0.5, 0.6) is 0 Å². The molecule has 1 heterocycles. The van der Waals surface area contributed by atoms with Crippen LogP contribution in [0.3, 0.4) is 0 Å². The minimum atomic E-state index is 0.764. The molecular weight excluding hydrogens is 178 g/mol. The molecule has 0 spiro atoms. The molecule has 0 aromatic carbocycles. The Labute approximate surface area is 86.6 Å². The first-order valence-electron chi connectivity index (χ1n) is 5.29. The van der Waals surface area contributed by atoms with Gasteiger partial charge in [0, 0.05) is 24.7 Å². The number of hydrogen-bond donors (Lipinski definition) is 0. The minimum absolute atomic E-state index is 0.764. The van der Waals surface area contributed by atoms with Crippen LogP contribution in [-0.2, 0) is 0 Å². The molecule has 1 unspecified atom stereocenters. The van der Waals surface area contributed by atoms with Crippen molar-refractivity contribution in [3.8, 4) is 0 Å². The Morgan fingerprint density at radius 1 is 1.54 bits per heavy atom. The van der Waals surface area contributed by atoms with Crippen molar-refractivity contribution in [1.29, 1.82) is 0 Å².